The highest BCUT2D eigenvalue weighted by atomic mass is 35.5. The van der Waals surface area contributed by atoms with Crippen LogP contribution in [-0.2, 0) is 19.6 Å². The maximum absolute atomic E-state index is 6.06. The summed E-state index contributed by atoms with van der Waals surface area (Å²) >= 11 is 12.0. The van der Waals surface area contributed by atoms with Gasteiger partial charge in [0.15, 0.2) is 11.5 Å². The molecule has 3 rings (SSSR count). The van der Waals surface area contributed by atoms with Gasteiger partial charge in [-0.2, -0.15) is 0 Å². The molecule has 0 fully saturated rings. The fourth-order valence-corrected chi connectivity index (χ4v) is 3.31. The maximum atomic E-state index is 6.06. The molecule has 4 nitrogen and oxygen atoms in total. The van der Waals surface area contributed by atoms with Crippen LogP contribution in [0.15, 0.2) is 60.7 Å². The molecule has 0 saturated heterocycles. The monoisotopic (exact) mass is 481 g/mol. The van der Waals surface area contributed by atoms with E-state index in [4.69, 9.17) is 37.4 Å². The molecule has 0 unspecified atom stereocenters. The minimum Gasteiger partial charge on any atom is -0.497 e. The topological polar surface area (TPSA) is 39.7 Å². The highest BCUT2D eigenvalue weighted by molar-refractivity contribution is 6.42. The van der Waals surface area contributed by atoms with Crippen molar-refractivity contribution in [3.8, 4) is 17.2 Å². The van der Waals surface area contributed by atoms with Crippen LogP contribution in [0.5, 0.6) is 17.2 Å². The van der Waals surface area contributed by atoms with E-state index in [0.29, 0.717) is 28.2 Å². The number of nitrogens with one attached hydrogen (secondary N) is 1. The highest BCUT2D eigenvalue weighted by Gasteiger charge is 2.07. The molecule has 31 heavy (non-hydrogen) atoms. The zero-order chi connectivity index (χ0) is 21.3. The summed E-state index contributed by atoms with van der Waals surface area (Å²) in [4.78, 5) is 0. The second-order valence-electron chi connectivity index (χ2n) is 6.80. The predicted octanol–water partition coefficient (Wildman–Crippen LogP) is 6.34. The van der Waals surface area contributed by atoms with Gasteiger partial charge in [-0.1, -0.05) is 47.5 Å². The van der Waals surface area contributed by atoms with Crippen LogP contribution in [0, 0.1) is 0 Å². The van der Waals surface area contributed by atoms with E-state index in [-0.39, 0.29) is 12.4 Å². The lowest BCUT2D eigenvalue weighted by atomic mass is 10.1. The number of ether oxygens (including phenoxy) is 3. The van der Waals surface area contributed by atoms with Crippen molar-refractivity contribution in [3.05, 3.63) is 87.4 Å². The molecule has 0 aliphatic heterocycles. The van der Waals surface area contributed by atoms with Crippen LogP contribution in [-0.4, -0.2) is 20.8 Å². The molecule has 0 heterocycles. The van der Waals surface area contributed by atoms with Crippen LogP contribution in [0.25, 0.3) is 0 Å². The Morgan fingerprint density at radius 1 is 0.742 bits per heavy atom. The number of halogens is 3. The van der Waals surface area contributed by atoms with Gasteiger partial charge in [0.25, 0.3) is 0 Å². The van der Waals surface area contributed by atoms with E-state index < -0.39 is 0 Å². The van der Waals surface area contributed by atoms with Gasteiger partial charge in [-0.15, -0.1) is 12.4 Å². The van der Waals surface area contributed by atoms with Crippen LogP contribution >= 0.6 is 35.6 Å². The predicted molar refractivity (Wildman–Crippen MR) is 129 cm³/mol. The van der Waals surface area contributed by atoms with Crippen molar-refractivity contribution in [2.24, 2.45) is 0 Å². The zero-order valence-electron chi connectivity index (χ0n) is 17.5. The molecule has 0 aromatic heterocycles. The number of rotatable bonds is 10. The largest absolute Gasteiger partial charge is 0.497 e. The minimum atomic E-state index is 0. The van der Waals surface area contributed by atoms with Gasteiger partial charge in [0.05, 0.1) is 24.3 Å². The van der Waals surface area contributed by atoms with Crippen molar-refractivity contribution in [3.63, 3.8) is 0 Å². The van der Waals surface area contributed by atoms with Gasteiger partial charge in [-0.25, -0.2) is 0 Å². The Hall–Kier alpha value is -2.11. The molecule has 0 saturated carbocycles. The maximum Gasteiger partial charge on any atom is 0.161 e. The van der Waals surface area contributed by atoms with Crippen LogP contribution in [0.4, 0.5) is 0 Å². The van der Waals surface area contributed by atoms with Gasteiger partial charge in [-0.3, -0.25) is 0 Å². The molecule has 3 aromatic rings. The van der Waals surface area contributed by atoms with Gasteiger partial charge in [0, 0.05) is 6.54 Å². The zero-order valence-corrected chi connectivity index (χ0v) is 19.8. The van der Waals surface area contributed by atoms with Crippen molar-refractivity contribution < 1.29 is 14.2 Å². The van der Waals surface area contributed by atoms with Crippen LogP contribution in [0.1, 0.15) is 16.7 Å². The standard InChI is InChI=1S/C24H25Cl2NO3.ClH/c1-28-20-7-3-17(4-8-20)11-12-27-15-18-6-10-23(24(14-18)29-2)30-16-19-5-9-21(25)22(26)13-19;/h3-10,13-14,27H,11-12,15-16H2,1-2H3;1H. The summed E-state index contributed by atoms with van der Waals surface area (Å²) in [6, 6.07) is 19.6. The normalized spacial score (nSPS) is 10.3. The number of hydrogen-bond acceptors (Lipinski definition) is 4. The first-order valence-corrected chi connectivity index (χ1v) is 10.4. The molecular formula is C24H26Cl3NO3. The highest BCUT2D eigenvalue weighted by Crippen LogP contribution is 2.30. The summed E-state index contributed by atoms with van der Waals surface area (Å²) < 4.78 is 16.6. The Morgan fingerprint density at radius 2 is 1.45 bits per heavy atom. The molecule has 0 radical (unpaired) electrons. The molecule has 166 valence electrons. The van der Waals surface area contributed by atoms with E-state index in [1.54, 1.807) is 26.4 Å². The molecule has 7 heteroatoms. The lowest BCUT2D eigenvalue weighted by molar-refractivity contribution is 0.284. The third kappa shape index (κ3) is 7.51. The molecule has 0 aliphatic carbocycles. The quantitative estimate of drug-likeness (QED) is 0.342. The summed E-state index contributed by atoms with van der Waals surface area (Å²) in [7, 11) is 3.32. The van der Waals surface area contributed by atoms with Crippen molar-refractivity contribution in [1.82, 2.24) is 5.32 Å². The number of methoxy groups -OCH3 is 2. The smallest absolute Gasteiger partial charge is 0.161 e. The van der Waals surface area contributed by atoms with E-state index in [9.17, 15) is 0 Å². The Bertz CT molecular complexity index is 965. The average molecular weight is 483 g/mol. The fraction of sp³-hybridized carbons (Fsp3) is 0.250. The molecule has 0 bridgehead atoms. The Labute approximate surface area is 199 Å². The lowest BCUT2D eigenvalue weighted by Gasteiger charge is -2.13. The van der Waals surface area contributed by atoms with Gasteiger partial charge in [0.1, 0.15) is 12.4 Å². The van der Waals surface area contributed by atoms with Crippen LogP contribution < -0.4 is 19.5 Å². The fourth-order valence-electron chi connectivity index (χ4n) is 2.99. The first kappa shape index (κ1) is 25.2. The van der Waals surface area contributed by atoms with Gasteiger partial charge < -0.3 is 19.5 Å². The summed E-state index contributed by atoms with van der Waals surface area (Å²) in [5.74, 6) is 2.26. The lowest BCUT2D eigenvalue weighted by Crippen LogP contribution is -2.16. The molecule has 3 aromatic carbocycles. The Balaban J connectivity index is 0.00000341. The van der Waals surface area contributed by atoms with E-state index in [0.717, 1.165) is 36.4 Å². The molecular weight excluding hydrogens is 457 g/mol. The SMILES string of the molecule is COc1ccc(CCNCc2ccc(OCc3ccc(Cl)c(Cl)c3)c(OC)c2)cc1.Cl. The van der Waals surface area contributed by atoms with Crippen molar-refractivity contribution >= 4 is 35.6 Å². The number of benzene rings is 3. The molecule has 0 amide bonds. The van der Waals surface area contributed by atoms with Crippen molar-refractivity contribution in [2.75, 3.05) is 20.8 Å². The van der Waals surface area contributed by atoms with Gasteiger partial charge in [-0.05, 0) is 66.1 Å². The third-order valence-corrected chi connectivity index (χ3v) is 5.42. The minimum absolute atomic E-state index is 0. The van der Waals surface area contributed by atoms with E-state index in [1.807, 2.05) is 36.4 Å². The average Bonchev–Trinajstić information content (AvgIpc) is 2.78. The first-order chi connectivity index (χ1) is 14.6. The van der Waals surface area contributed by atoms with E-state index >= 15 is 0 Å². The molecule has 1 N–H and O–H groups in total. The van der Waals surface area contributed by atoms with E-state index in [2.05, 4.69) is 17.4 Å². The van der Waals surface area contributed by atoms with Crippen LogP contribution in [0.2, 0.25) is 10.0 Å². The van der Waals surface area contributed by atoms with Gasteiger partial charge in [0.2, 0.25) is 0 Å². The van der Waals surface area contributed by atoms with Crippen molar-refractivity contribution in [2.45, 2.75) is 19.6 Å². The summed E-state index contributed by atoms with van der Waals surface area (Å²) in [6.07, 6.45) is 0.950. The molecule has 0 aliphatic rings. The second-order valence-corrected chi connectivity index (χ2v) is 7.61. The van der Waals surface area contributed by atoms with Crippen molar-refractivity contribution in [1.29, 1.82) is 0 Å². The second kappa shape index (κ2) is 12.7. The third-order valence-electron chi connectivity index (χ3n) is 4.69. The number of hydrogen-bond donors (Lipinski definition) is 1. The summed E-state index contributed by atoms with van der Waals surface area (Å²) in [5.41, 5.74) is 3.34. The summed E-state index contributed by atoms with van der Waals surface area (Å²) in [5, 5.41) is 4.51. The molecule has 0 spiro atoms. The van der Waals surface area contributed by atoms with Crippen LogP contribution in [0.3, 0.4) is 0 Å². The summed E-state index contributed by atoms with van der Waals surface area (Å²) in [6.45, 7) is 2.01. The van der Waals surface area contributed by atoms with E-state index in [1.165, 1.54) is 5.56 Å². The Kier molecular flexibility index (Phi) is 10.3. The Morgan fingerprint density at radius 3 is 2.13 bits per heavy atom. The first-order valence-electron chi connectivity index (χ1n) is 9.66. The molecule has 0 atom stereocenters. The van der Waals surface area contributed by atoms with Gasteiger partial charge >= 0.3 is 0 Å².